The van der Waals surface area contributed by atoms with Crippen LogP contribution in [0, 0.1) is 11.3 Å². The fourth-order valence-electron chi connectivity index (χ4n) is 2.71. The van der Waals surface area contributed by atoms with Crippen LogP contribution in [0.3, 0.4) is 0 Å². The number of hydrogen-bond acceptors (Lipinski definition) is 2. The second-order valence-corrected chi connectivity index (χ2v) is 6.58. The SMILES string of the molecule is CC(NCC1CC1(C)C)c1ccc(-n2ccnc2)cc1. The molecule has 0 aliphatic heterocycles. The Bertz CT molecular complexity index is 554. The maximum atomic E-state index is 4.08. The van der Waals surface area contributed by atoms with Crippen LogP contribution in [0.25, 0.3) is 5.69 Å². The van der Waals surface area contributed by atoms with Crippen molar-refractivity contribution in [3.8, 4) is 5.69 Å². The Balaban J connectivity index is 1.59. The highest BCUT2D eigenvalue weighted by atomic mass is 15.0. The van der Waals surface area contributed by atoms with Gasteiger partial charge in [0.1, 0.15) is 0 Å². The van der Waals surface area contributed by atoms with Gasteiger partial charge in [0.15, 0.2) is 0 Å². The first-order valence-corrected chi connectivity index (χ1v) is 7.38. The van der Waals surface area contributed by atoms with Gasteiger partial charge in [-0.3, -0.25) is 0 Å². The van der Waals surface area contributed by atoms with Crippen LogP contribution in [-0.4, -0.2) is 16.1 Å². The molecule has 3 heteroatoms. The summed E-state index contributed by atoms with van der Waals surface area (Å²) in [6.45, 7) is 8.06. The van der Waals surface area contributed by atoms with E-state index in [1.54, 1.807) is 6.20 Å². The van der Waals surface area contributed by atoms with Crippen LogP contribution in [0.2, 0.25) is 0 Å². The van der Waals surface area contributed by atoms with Gasteiger partial charge < -0.3 is 9.88 Å². The van der Waals surface area contributed by atoms with Crippen LogP contribution in [-0.2, 0) is 0 Å². The molecule has 1 aliphatic rings. The lowest BCUT2D eigenvalue weighted by Crippen LogP contribution is -2.22. The number of rotatable bonds is 5. The molecule has 1 N–H and O–H groups in total. The summed E-state index contributed by atoms with van der Waals surface area (Å²) in [7, 11) is 0. The van der Waals surface area contributed by atoms with E-state index in [2.05, 4.69) is 55.3 Å². The van der Waals surface area contributed by atoms with Crippen molar-refractivity contribution < 1.29 is 0 Å². The summed E-state index contributed by atoms with van der Waals surface area (Å²) >= 11 is 0. The summed E-state index contributed by atoms with van der Waals surface area (Å²) in [5, 5.41) is 3.65. The van der Waals surface area contributed by atoms with E-state index in [1.807, 2.05) is 17.1 Å². The number of hydrogen-bond donors (Lipinski definition) is 1. The van der Waals surface area contributed by atoms with Crippen molar-refractivity contribution in [1.29, 1.82) is 0 Å². The van der Waals surface area contributed by atoms with Gasteiger partial charge in [-0.2, -0.15) is 0 Å². The minimum absolute atomic E-state index is 0.406. The molecule has 2 unspecified atom stereocenters. The number of nitrogens with zero attached hydrogens (tertiary/aromatic N) is 2. The van der Waals surface area contributed by atoms with Crippen LogP contribution in [0.1, 0.15) is 38.8 Å². The van der Waals surface area contributed by atoms with Crippen molar-refractivity contribution >= 4 is 0 Å². The zero-order valence-corrected chi connectivity index (χ0v) is 12.5. The average Bonchev–Trinajstić information content (AvgIpc) is 2.84. The maximum Gasteiger partial charge on any atom is 0.0991 e. The van der Waals surface area contributed by atoms with Crippen LogP contribution in [0.4, 0.5) is 0 Å². The molecule has 0 amide bonds. The van der Waals surface area contributed by atoms with E-state index in [0.29, 0.717) is 11.5 Å². The summed E-state index contributed by atoms with van der Waals surface area (Å²) in [5.74, 6) is 0.843. The molecule has 3 nitrogen and oxygen atoms in total. The van der Waals surface area contributed by atoms with Gasteiger partial charge in [0.2, 0.25) is 0 Å². The molecular formula is C17H23N3. The Morgan fingerprint density at radius 3 is 2.60 bits per heavy atom. The Morgan fingerprint density at radius 1 is 1.35 bits per heavy atom. The molecule has 1 aromatic carbocycles. The molecule has 2 atom stereocenters. The largest absolute Gasteiger partial charge is 0.310 e. The molecule has 1 saturated carbocycles. The topological polar surface area (TPSA) is 29.9 Å². The highest BCUT2D eigenvalue weighted by Crippen LogP contribution is 2.51. The Kier molecular flexibility index (Phi) is 3.38. The first kappa shape index (κ1) is 13.4. The molecule has 2 aromatic rings. The molecule has 0 spiro atoms. The third-order valence-electron chi connectivity index (χ3n) is 4.58. The highest BCUT2D eigenvalue weighted by Gasteiger charge is 2.44. The molecule has 106 valence electrons. The zero-order chi connectivity index (χ0) is 14.2. The fraction of sp³-hybridized carbons (Fsp3) is 0.471. The lowest BCUT2D eigenvalue weighted by Gasteiger charge is -2.15. The van der Waals surface area contributed by atoms with Crippen LogP contribution < -0.4 is 5.32 Å². The first-order valence-electron chi connectivity index (χ1n) is 7.38. The third kappa shape index (κ3) is 2.78. The molecular weight excluding hydrogens is 246 g/mol. The second kappa shape index (κ2) is 5.06. The smallest absolute Gasteiger partial charge is 0.0991 e. The van der Waals surface area contributed by atoms with E-state index in [1.165, 1.54) is 12.0 Å². The fourth-order valence-corrected chi connectivity index (χ4v) is 2.71. The van der Waals surface area contributed by atoms with E-state index >= 15 is 0 Å². The highest BCUT2D eigenvalue weighted by molar-refractivity contribution is 5.35. The van der Waals surface area contributed by atoms with E-state index in [4.69, 9.17) is 0 Å². The summed E-state index contributed by atoms with van der Waals surface area (Å²) < 4.78 is 2.02. The number of imidazole rings is 1. The van der Waals surface area contributed by atoms with Gasteiger partial charge in [0.25, 0.3) is 0 Å². The first-order chi connectivity index (χ1) is 9.56. The average molecular weight is 269 g/mol. The standard InChI is InChI=1S/C17H23N3/c1-13(19-11-15-10-17(15,2)3)14-4-6-16(7-5-14)20-9-8-18-12-20/h4-9,12-13,15,19H,10-11H2,1-3H3. The van der Waals surface area contributed by atoms with Gasteiger partial charge in [-0.05, 0) is 48.9 Å². The Morgan fingerprint density at radius 2 is 2.05 bits per heavy atom. The number of nitrogens with one attached hydrogen (secondary N) is 1. The number of aromatic nitrogens is 2. The van der Waals surface area contributed by atoms with Crippen molar-refractivity contribution in [1.82, 2.24) is 14.9 Å². The molecule has 1 aromatic heterocycles. The Labute approximate surface area is 121 Å². The van der Waals surface area contributed by atoms with Gasteiger partial charge in [-0.15, -0.1) is 0 Å². The summed E-state index contributed by atoms with van der Waals surface area (Å²) in [6, 6.07) is 9.10. The van der Waals surface area contributed by atoms with E-state index in [-0.39, 0.29) is 0 Å². The summed E-state index contributed by atoms with van der Waals surface area (Å²) in [5.41, 5.74) is 3.05. The molecule has 1 aliphatic carbocycles. The van der Waals surface area contributed by atoms with Gasteiger partial charge in [0.05, 0.1) is 6.33 Å². The summed E-state index contributed by atoms with van der Waals surface area (Å²) in [6.07, 6.45) is 6.94. The van der Waals surface area contributed by atoms with E-state index in [0.717, 1.165) is 18.2 Å². The zero-order valence-electron chi connectivity index (χ0n) is 12.5. The van der Waals surface area contributed by atoms with Crippen LogP contribution >= 0.6 is 0 Å². The normalized spacial score (nSPS) is 21.6. The Hall–Kier alpha value is -1.61. The van der Waals surface area contributed by atoms with E-state index < -0.39 is 0 Å². The lowest BCUT2D eigenvalue weighted by molar-refractivity contribution is 0.485. The van der Waals surface area contributed by atoms with Gasteiger partial charge in [0, 0.05) is 24.1 Å². The molecule has 20 heavy (non-hydrogen) atoms. The molecule has 1 heterocycles. The van der Waals surface area contributed by atoms with Crippen molar-refractivity contribution in [2.45, 2.75) is 33.2 Å². The number of benzene rings is 1. The predicted octanol–water partition coefficient (Wildman–Crippen LogP) is 3.57. The van der Waals surface area contributed by atoms with Gasteiger partial charge in [-0.1, -0.05) is 26.0 Å². The van der Waals surface area contributed by atoms with Crippen molar-refractivity contribution in [3.05, 3.63) is 48.5 Å². The minimum atomic E-state index is 0.406. The monoisotopic (exact) mass is 269 g/mol. The van der Waals surface area contributed by atoms with Crippen LogP contribution in [0.5, 0.6) is 0 Å². The van der Waals surface area contributed by atoms with Crippen LogP contribution in [0.15, 0.2) is 43.0 Å². The minimum Gasteiger partial charge on any atom is -0.310 e. The predicted molar refractivity (Wildman–Crippen MR) is 81.9 cm³/mol. The maximum absolute atomic E-state index is 4.08. The quantitative estimate of drug-likeness (QED) is 0.899. The van der Waals surface area contributed by atoms with Gasteiger partial charge in [-0.25, -0.2) is 4.98 Å². The molecule has 0 saturated heterocycles. The lowest BCUT2D eigenvalue weighted by atomic mass is 10.1. The molecule has 0 bridgehead atoms. The van der Waals surface area contributed by atoms with Crippen molar-refractivity contribution in [2.75, 3.05) is 6.54 Å². The molecule has 0 radical (unpaired) electrons. The summed E-state index contributed by atoms with van der Waals surface area (Å²) in [4.78, 5) is 4.08. The van der Waals surface area contributed by atoms with Crippen molar-refractivity contribution in [2.24, 2.45) is 11.3 Å². The van der Waals surface area contributed by atoms with Gasteiger partial charge >= 0.3 is 0 Å². The molecule has 1 fully saturated rings. The van der Waals surface area contributed by atoms with E-state index in [9.17, 15) is 0 Å². The third-order valence-corrected chi connectivity index (χ3v) is 4.58. The second-order valence-electron chi connectivity index (χ2n) is 6.58. The molecule has 3 rings (SSSR count). The van der Waals surface area contributed by atoms with Crippen molar-refractivity contribution in [3.63, 3.8) is 0 Å².